The number of phenols is 2. The molecule has 0 amide bonds. The number of ketones is 1. The molecule has 122 valence electrons. The van der Waals surface area contributed by atoms with Crippen LogP contribution in [0.5, 0.6) is 17.2 Å². The van der Waals surface area contributed by atoms with E-state index >= 15 is 0 Å². The molecular weight excluding hydrogens is 304 g/mol. The van der Waals surface area contributed by atoms with Gasteiger partial charge in [0.25, 0.3) is 0 Å². The second kappa shape index (κ2) is 7.33. The molecule has 0 saturated carbocycles. The van der Waals surface area contributed by atoms with E-state index in [1.807, 2.05) is 0 Å². The van der Waals surface area contributed by atoms with Crippen LogP contribution in [0, 0.1) is 0 Å². The Kier molecular flexibility index (Phi) is 5.22. The standard InChI is InChI=1S/C20H18O4/c1-4-13(2)17-11-15(20(24-3)12-19(17)23)7-10-18(22)14-5-8-16(21)9-6-14/h4-12,21,23H,1-2H2,3H3/b10-7+. The Labute approximate surface area is 140 Å². The van der Waals surface area contributed by atoms with E-state index < -0.39 is 0 Å². The van der Waals surface area contributed by atoms with Crippen LogP contribution in [0.2, 0.25) is 0 Å². The summed E-state index contributed by atoms with van der Waals surface area (Å²) in [5, 5.41) is 19.3. The van der Waals surface area contributed by atoms with Crippen molar-refractivity contribution >= 4 is 17.4 Å². The molecule has 4 nitrogen and oxygen atoms in total. The van der Waals surface area contributed by atoms with Gasteiger partial charge < -0.3 is 14.9 Å². The molecule has 2 aromatic rings. The molecule has 0 aromatic heterocycles. The summed E-state index contributed by atoms with van der Waals surface area (Å²) in [6.07, 6.45) is 4.55. The molecule has 0 radical (unpaired) electrons. The van der Waals surface area contributed by atoms with E-state index in [4.69, 9.17) is 4.74 Å². The van der Waals surface area contributed by atoms with Gasteiger partial charge in [-0.3, -0.25) is 4.79 Å². The van der Waals surface area contributed by atoms with E-state index in [1.54, 1.807) is 24.3 Å². The summed E-state index contributed by atoms with van der Waals surface area (Å²) in [5.41, 5.74) is 2.16. The van der Waals surface area contributed by atoms with E-state index in [0.717, 1.165) is 0 Å². The zero-order chi connectivity index (χ0) is 17.7. The maximum absolute atomic E-state index is 12.2. The summed E-state index contributed by atoms with van der Waals surface area (Å²) in [7, 11) is 1.48. The molecule has 0 aliphatic carbocycles. The van der Waals surface area contributed by atoms with Crippen molar-refractivity contribution in [3.8, 4) is 17.2 Å². The number of phenolic OH excluding ortho intramolecular Hbond substituents is 2. The fraction of sp³-hybridized carbons (Fsp3) is 0.0500. The van der Waals surface area contributed by atoms with Gasteiger partial charge in [-0.1, -0.05) is 19.2 Å². The fourth-order valence-corrected chi connectivity index (χ4v) is 2.15. The summed E-state index contributed by atoms with van der Waals surface area (Å²) < 4.78 is 5.24. The van der Waals surface area contributed by atoms with Crippen LogP contribution in [0.15, 0.2) is 61.7 Å². The van der Waals surface area contributed by atoms with Gasteiger partial charge in [-0.2, -0.15) is 0 Å². The molecule has 0 atom stereocenters. The molecule has 0 saturated heterocycles. The summed E-state index contributed by atoms with van der Waals surface area (Å²) in [6, 6.07) is 9.14. The lowest BCUT2D eigenvalue weighted by Crippen LogP contribution is -1.94. The first-order valence-electron chi connectivity index (χ1n) is 7.20. The van der Waals surface area contributed by atoms with Crippen molar-refractivity contribution in [3.05, 3.63) is 78.4 Å². The van der Waals surface area contributed by atoms with Gasteiger partial charge in [0.15, 0.2) is 5.78 Å². The van der Waals surface area contributed by atoms with Crippen LogP contribution in [0.3, 0.4) is 0 Å². The molecule has 0 spiro atoms. The minimum atomic E-state index is -0.214. The Hall–Kier alpha value is -3.27. The van der Waals surface area contributed by atoms with Gasteiger partial charge in [0, 0.05) is 22.8 Å². The van der Waals surface area contributed by atoms with Crippen molar-refractivity contribution in [2.45, 2.75) is 0 Å². The number of ether oxygens (including phenoxy) is 1. The first-order valence-corrected chi connectivity index (χ1v) is 7.20. The van der Waals surface area contributed by atoms with Crippen LogP contribution in [-0.2, 0) is 0 Å². The highest BCUT2D eigenvalue weighted by Gasteiger charge is 2.10. The molecule has 0 unspecified atom stereocenters. The summed E-state index contributed by atoms with van der Waals surface area (Å²) in [6.45, 7) is 7.46. The van der Waals surface area contributed by atoms with E-state index in [-0.39, 0.29) is 17.3 Å². The third-order valence-electron chi connectivity index (χ3n) is 3.51. The smallest absolute Gasteiger partial charge is 0.185 e. The Morgan fingerprint density at radius 2 is 1.83 bits per heavy atom. The number of rotatable bonds is 6. The maximum Gasteiger partial charge on any atom is 0.185 e. The van der Waals surface area contributed by atoms with Gasteiger partial charge in [0.05, 0.1) is 7.11 Å². The molecule has 0 aliphatic rings. The van der Waals surface area contributed by atoms with Crippen LogP contribution >= 0.6 is 0 Å². The molecule has 2 N–H and O–H groups in total. The fourth-order valence-electron chi connectivity index (χ4n) is 2.15. The zero-order valence-electron chi connectivity index (χ0n) is 13.3. The van der Waals surface area contributed by atoms with Crippen molar-refractivity contribution < 1.29 is 19.7 Å². The minimum Gasteiger partial charge on any atom is -0.508 e. The first-order chi connectivity index (χ1) is 11.5. The molecule has 0 heterocycles. The largest absolute Gasteiger partial charge is 0.508 e. The van der Waals surface area contributed by atoms with Crippen molar-refractivity contribution in [1.82, 2.24) is 0 Å². The van der Waals surface area contributed by atoms with Crippen LogP contribution < -0.4 is 4.74 Å². The molecule has 2 rings (SSSR count). The van der Waals surface area contributed by atoms with Crippen molar-refractivity contribution in [2.75, 3.05) is 7.11 Å². The monoisotopic (exact) mass is 322 g/mol. The lowest BCUT2D eigenvalue weighted by molar-refractivity contribution is 0.104. The molecule has 24 heavy (non-hydrogen) atoms. The lowest BCUT2D eigenvalue weighted by Gasteiger charge is -2.10. The molecule has 0 fully saturated rings. The molecular formula is C20H18O4. The number of aromatic hydroxyl groups is 2. The number of carbonyl (C=O) groups excluding carboxylic acids is 1. The van der Waals surface area contributed by atoms with Gasteiger partial charge in [-0.05, 0) is 48.1 Å². The second-order valence-electron chi connectivity index (χ2n) is 5.09. The topological polar surface area (TPSA) is 66.8 Å². The Morgan fingerprint density at radius 1 is 1.17 bits per heavy atom. The SMILES string of the molecule is C=CC(=C)c1cc(/C=C/C(=O)c2ccc(O)cc2)c(OC)cc1O. The molecule has 4 heteroatoms. The number of allylic oxidation sites excluding steroid dienone is 3. The van der Waals surface area contributed by atoms with E-state index in [2.05, 4.69) is 13.2 Å². The highest BCUT2D eigenvalue weighted by atomic mass is 16.5. The van der Waals surface area contributed by atoms with Gasteiger partial charge in [0.2, 0.25) is 0 Å². The maximum atomic E-state index is 12.2. The second-order valence-corrected chi connectivity index (χ2v) is 5.09. The number of methoxy groups -OCH3 is 1. The van der Waals surface area contributed by atoms with Gasteiger partial charge in [0.1, 0.15) is 17.2 Å². The molecule has 0 bridgehead atoms. The van der Waals surface area contributed by atoms with E-state index in [0.29, 0.717) is 28.0 Å². The first kappa shape index (κ1) is 17.1. The average molecular weight is 322 g/mol. The summed E-state index contributed by atoms with van der Waals surface area (Å²) in [4.78, 5) is 12.2. The third kappa shape index (κ3) is 3.73. The van der Waals surface area contributed by atoms with Crippen LogP contribution in [0.4, 0.5) is 0 Å². The molecule has 2 aromatic carbocycles. The number of hydrogen-bond acceptors (Lipinski definition) is 4. The predicted molar refractivity (Wildman–Crippen MR) is 95.4 cm³/mol. The van der Waals surface area contributed by atoms with E-state index in [1.165, 1.54) is 37.5 Å². The predicted octanol–water partition coefficient (Wildman–Crippen LogP) is 4.20. The van der Waals surface area contributed by atoms with Gasteiger partial charge >= 0.3 is 0 Å². The lowest BCUT2D eigenvalue weighted by atomic mass is 10.0. The summed E-state index contributed by atoms with van der Waals surface area (Å²) >= 11 is 0. The van der Waals surface area contributed by atoms with E-state index in [9.17, 15) is 15.0 Å². The number of carbonyl (C=O) groups is 1. The summed E-state index contributed by atoms with van der Waals surface area (Å²) in [5.74, 6) is 0.346. The minimum absolute atomic E-state index is 0.0266. The highest BCUT2D eigenvalue weighted by molar-refractivity contribution is 6.07. The Morgan fingerprint density at radius 3 is 2.42 bits per heavy atom. The van der Waals surface area contributed by atoms with Gasteiger partial charge in [-0.25, -0.2) is 0 Å². The van der Waals surface area contributed by atoms with Crippen LogP contribution in [-0.4, -0.2) is 23.1 Å². The van der Waals surface area contributed by atoms with Crippen molar-refractivity contribution in [2.24, 2.45) is 0 Å². The Balaban J connectivity index is 2.36. The Bertz CT molecular complexity index is 814. The average Bonchev–Trinajstić information content (AvgIpc) is 2.59. The van der Waals surface area contributed by atoms with Crippen molar-refractivity contribution in [1.29, 1.82) is 0 Å². The third-order valence-corrected chi connectivity index (χ3v) is 3.51. The van der Waals surface area contributed by atoms with Crippen molar-refractivity contribution in [3.63, 3.8) is 0 Å². The number of hydrogen-bond donors (Lipinski definition) is 2. The molecule has 0 aliphatic heterocycles. The van der Waals surface area contributed by atoms with Gasteiger partial charge in [-0.15, -0.1) is 0 Å². The quantitative estimate of drug-likeness (QED) is 0.475. The number of benzene rings is 2. The normalized spacial score (nSPS) is 10.5. The zero-order valence-corrected chi connectivity index (χ0v) is 13.3. The van der Waals surface area contributed by atoms with Crippen LogP contribution in [0.1, 0.15) is 21.5 Å². The van der Waals surface area contributed by atoms with Crippen LogP contribution in [0.25, 0.3) is 11.6 Å². The highest BCUT2D eigenvalue weighted by Crippen LogP contribution is 2.33.